The first-order valence-electron chi connectivity index (χ1n) is 4.93. The second-order valence-electron chi connectivity index (χ2n) is 3.24. The van der Waals surface area contributed by atoms with Crippen molar-refractivity contribution >= 4 is 40.2 Å². The number of carbonyl (C=O) groups excluding carboxylic acids is 1. The summed E-state index contributed by atoms with van der Waals surface area (Å²) in [6.07, 6.45) is 0.245. The van der Waals surface area contributed by atoms with Crippen LogP contribution in [0, 0.1) is 0 Å². The van der Waals surface area contributed by atoms with Crippen LogP contribution in [0.25, 0.3) is 10.2 Å². The molecule has 3 nitrogen and oxygen atoms in total. The van der Waals surface area contributed by atoms with E-state index in [-0.39, 0.29) is 12.4 Å². The standard InChI is InChI=1S/C11H11NO2S2/c1-2-14-11(13)6-10-12-8-4-3-7(15)5-9(8)16-10/h3-5,15H,2,6H2,1H3. The first kappa shape index (κ1) is 11.4. The fraction of sp³-hybridized carbons (Fsp3) is 0.273. The van der Waals surface area contributed by atoms with Gasteiger partial charge in [-0.3, -0.25) is 4.79 Å². The lowest BCUT2D eigenvalue weighted by molar-refractivity contribution is -0.142. The highest BCUT2D eigenvalue weighted by atomic mass is 32.1. The van der Waals surface area contributed by atoms with Gasteiger partial charge in [0.25, 0.3) is 0 Å². The van der Waals surface area contributed by atoms with Gasteiger partial charge in [-0.05, 0) is 25.1 Å². The van der Waals surface area contributed by atoms with Crippen molar-refractivity contribution in [1.82, 2.24) is 4.98 Å². The van der Waals surface area contributed by atoms with Crippen molar-refractivity contribution in [2.24, 2.45) is 0 Å². The summed E-state index contributed by atoms with van der Waals surface area (Å²) in [5.41, 5.74) is 0.905. The summed E-state index contributed by atoms with van der Waals surface area (Å²) in [5.74, 6) is -0.229. The van der Waals surface area contributed by atoms with Crippen LogP contribution >= 0.6 is 24.0 Å². The van der Waals surface area contributed by atoms with Crippen LogP contribution in [0.2, 0.25) is 0 Å². The van der Waals surface area contributed by atoms with E-state index >= 15 is 0 Å². The van der Waals surface area contributed by atoms with E-state index in [0.29, 0.717) is 6.61 Å². The zero-order chi connectivity index (χ0) is 11.5. The van der Waals surface area contributed by atoms with Gasteiger partial charge in [0.15, 0.2) is 0 Å². The number of aromatic nitrogens is 1. The highest BCUT2D eigenvalue weighted by molar-refractivity contribution is 7.80. The molecule has 0 aliphatic heterocycles. The number of nitrogens with zero attached hydrogens (tertiary/aromatic N) is 1. The highest BCUT2D eigenvalue weighted by Gasteiger charge is 2.09. The quantitative estimate of drug-likeness (QED) is 0.675. The van der Waals surface area contributed by atoms with Gasteiger partial charge < -0.3 is 4.74 Å². The molecular formula is C11H11NO2S2. The number of benzene rings is 1. The number of hydrogen-bond donors (Lipinski definition) is 1. The van der Waals surface area contributed by atoms with Gasteiger partial charge in [-0.1, -0.05) is 0 Å². The van der Waals surface area contributed by atoms with Gasteiger partial charge in [0, 0.05) is 4.90 Å². The van der Waals surface area contributed by atoms with Gasteiger partial charge >= 0.3 is 5.97 Å². The minimum Gasteiger partial charge on any atom is -0.466 e. The molecule has 1 aromatic heterocycles. The van der Waals surface area contributed by atoms with Gasteiger partial charge in [0.2, 0.25) is 0 Å². The van der Waals surface area contributed by atoms with E-state index in [0.717, 1.165) is 20.1 Å². The Morgan fingerprint density at radius 3 is 3.12 bits per heavy atom. The van der Waals surface area contributed by atoms with Crippen molar-refractivity contribution in [3.05, 3.63) is 23.2 Å². The molecule has 5 heteroatoms. The van der Waals surface area contributed by atoms with E-state index in [1.54, 1.807) is 6.92 Å². The highest BCUT2D eigenvalue weighted by Crippen LogP contribution is 2.24. The van der Waals surface area contributed by atoms with Gasteiger partial charge in [0.1, 0.15) is 5.01 Å². The van der Waals surface area contributed by atoms with Crippen molar-refractivity contribution in [2.45, 2.75) is 18.2 Å². The topological polar surface area (TPSA) is 39.2 Å². The fourth-order valence-corrected chi connectivity index (χ4v) is 2.66. The van der Waals surface area contributed by atoms with Crippen molar-refractivity contribution in [3.63, 3.8) is 0 Å². The summed E-state index contributed by atoms with van der Waals surface area (Å²) in [7, 11) is 0. The van der Waals surface area contributed by atoms with Crippen molar-refractivity contribution in [3.8, 4) is 0 Å². The summed E-state index contributed by atoms with van der Waals surface area (Å²) in [5, 5.41) is 0.785. The fourth-order valence-electron chi connectivity index (χ4n) is 1.37. The maximum atomic E-state index is 11.3. The van der Waals surface area contributed by atoms with E-state index in [9.17, 15) is 4.79 Å². The molecule has 2 rings (SSSR count). The molecular weight excluding hydrogens is 242 g/mol. The molecule has 0 amide bonds. The molecule has 2 aromatic rings. The molecule has 1 aromatic carbocycles. The van der Waals surface area contributed by atoms with Crippen LogP contribution in [0.3, 0.4) is 0 Å². The van der Waals surface area contributed by atoms with Crippen LogP contribution in [-0.4, -0.2) is 17.6 Å². The molecule has 0 saturated heterocycles. The van der Waals surface area contributed by atoms with Gasteiger partial charge in [-0.15, -0.1) is 24.0 Å². The van der Waals surface area contributed by atoms with Gasteiger partial charge in [-0.2, -0.15) is 0 Å². The molecule has 1 heterocycles. The molecule has 0 radical (unpaired) electrons. The van der Waals surface area contributed by atoms with E-state index in [1.807, 2.05) is 18.2 Å². The minimum atomic E-state index is -0.229. The Morgan fingerprint density at radius 2 is 2.38 bits per heavy atom. The molecule has 0 N–H and O–H groups in total. The van der Waals surface area contributed by atoms with E-state index < -0.39 is 0 Å². The Labute approximate surface area is 103 Å². The molecule has 0 bridgehead atoms. The number of carbonyl (C=O) groups is 1. The van der Waals surface area contributed by atoms with Crippen LogP contribution in [0.15, 0.2) is 23.1 Å². The summed E-state index contributed by atoms with van der Waals surface area (Å²) < 4.78 is 5.93. The van der Waals surface area contributed by atoms with Crippen molar-refractivity contribution in [2.75, 3.05) is 6.61 Å². The lowest BCUT2D eigenvalue weighted by Crippen LogP contribution is -2.06. The normalized spacial score (nSPS) is 10.6. The Morgan fingerprint density at radius 1 is 1.56 bits per heavy atom. The van der Waals surface area contributed by atoms with E-state index in [2.05, 4.69) is 17.6 Å². The second kappa shape index (κ2) is 4.84. The Hall–Kier alpha value is -1.07. The second-order valence-corrected chi connectivity index (χ2v) is 4.87. The first-order valence-corrected chi connectivity index (χ1v) is 6.19. The molecule has 0 fully saturated rings. The predicted molar refractivity (Wildman–Crippen MR) is 67.2 cm³/mol. The number of rotatable bonds is 3. The largest absolute Gasteiger partial charge is 0.466 e. The van der Waals surface area contributed by atoms with E-state index in [4.69, 9.17) is 4.74 Å². The number of esters is 1. The molecule has 0 saturated carbocycles. The number of thiol groups is 1. The molecule has 0 aliphatic rings. The van der Waals surface area contributed by atoms with Gasteiger partial charge in [0.05, 0.1) is 23.2 Å². The Kier molecular flexibility index (Phi) is 3.46. The summed E-state index contributed by atoms with van der Waals surface area (Å²) in [4.78, 5) is 16.5. The molecule has 0 unspecified atom stereocenters. The van der Waals surface area contributed by atoms with Crippen LogP contribution < -0.4 is 0 Å². The minimum absolute atomic E-state index is 0.229. The van der Waals surface area contributed by atoms with Crippen molar-refractivity contribution in [1.29, 1.82) is 0 Å². The first-order chi connectivity index (χ1) is 7.69. The maximum absolute atomic E-state index is 11.3. The number of thiazole rings is 1. The third kappa shape index (κ3) is 2.54. The zero-order valence-electron chi connectivity index (χ0n) is 8.77. The summed E-state index contributed by atoms with van der Waals surface area (Å²) in [6.45, 7) is 2.20. The molecule has 16 heavy (non-hydrogen) atoms. The monoisotopic (exact) mass is 253 g/mol. The van der Waals surface area contributed by atoms with E-state index in [1.165, 1.54) is 11.3 Å². The molecule has 0 spiro atoms. The number of ether oxygens (including phenoxy) is 1. The van der Waals surface area contributed by atoms with Crippen LogP contribution in [-0.2, 0) is 16.0 Å². The third-order valence-electron chi connectivity index (χ3n) is 2.02. The third-order valence-corrected chi connectivity index (χ3v) is 3.31. The predicted octanol–water partition coefficient (Wildman–Crippen LogP) is 2.69. The van der Waals surface area contributed by atoms with Crippen LogP contribution in [0.5, 0.6) is 0 Å². The Balaban J connectivity index is 2.23. The van der Waals surface area contributed by atoms with Gasteiger partial charge in [-0.25, -0.2) is 4.98 Å². The average molecular weight is 253 g/mol. The average Bonchev–Trinajstić information content (AvgIpc) is 2.59. The number of fused-ring (bicyclic) bond motifs is 1. The maximum Gasteiger partial charge on any atom is 0.312 e. The summed E-state index contributed by atoms with van der Waals surface area (Å²) >= 11 is 5.76. The molecule has 0 atom stereocenters. The summed E-state index contributed by atoms with van der Waals surface area (Å²) in [6, 6.07) is 5.74. The number of hydrogen-bond acceptors (Lipinski definition) is 5. The molecule has 0 aliphatic carbocycles. The van der Waals surface area contributed by atoms with Crippen LogP contribution in [0.4, 0.5) is 0 Å². The van der Waals surface area contributed by atoms with Crippen molar-refractivity contribution < 1.29 is 9.53 Å². The molecule has 84 valence electrons. The smallest absolute Gasteiger partial charge is 0.312 e. The Bertz CT molecular complexity index is 522. The SMILES string of the molecule is CCOC(=O)Cc1nc2ccc(S)cc2s1. The lowest BCUT2D eigenvalue weighted by atomic mass is 10.3. The van der Waals surface area contributed by atoms with Crippen LogP contribution in [0.1, 0.15) is 11.9 Å². The zero-order valence-corrected chi connectivity index (χ0v) is 10.5. The lowest BCUT2D eigenvalue weighted by Gasteiger charge is -1.97.